The Kier molecular flexibility index (Phi) is 7.45. The fourth-order valence-electron chi connectivity index (χ4n) is 3.13. The Labute approximate surface area is 143 Å². The van der Waals surface area contributed by atoms with Gasteiger partial charge in [0.2, 0.25) is 0 Å². The first-order valence-corrected chi connectivity index (χ1v) is 10.7. The van der Waals surface area contributed by atoms with E-state index in [1.54, 1.807) is 0 Å². The lowest BCUT2D eigenvalue weighted by atomic mass is 9.91. The molecule has 0 atom stereocenters. The molecule has 128 valence electrons. The van der Waals surface area contributed by atoms with Gasteiger partial charge in [-0.05, 0) is 36.5 Å². The molecule has 3 N–H and O–H groups in total. The molecule has 0 radical (unpaired) electrons. The minimum atomic E-state index is -3.09. The Hall–Kier alpha value is -0.510. The fraction of sp³-hybridized carbons (Fsp3) is 0.588. The Morgan fingerprint density at radius 2 is 1.83 bits per heavy atom. The molecule has 0 aliphatic heterocycles. The Balaban J connectivity index is 1.69. The van der Waals surface area contributed by atoms with Crippen LogP contribution in [0.15, 0.2) is 24.3 Å². The van der Waals surface area contributed by atoms with Crippen LogP contribution in [0.4, 0.5) is 0 Å². The van der Waals surface area contributed by atoms with Gasteiger partial charge in [-0.3, -0.25) is 4.79 Å². The third-order valence-electron chi connectivity index (χ3n) is 4.27. The van der Waals surface area contributed by atoms with Crippen LogP contribution in [0.1, 0.15) is 37.7 Å². The van der Waals surface area contributed by atoms with Gasteiger partial charge in [-0.1, -0.05) is 43.0 Å². The second-order valence-electron chi connectivity index (χ2n) is 6.49. The maximum Gasteiger partial charge on any atom is 0.275 e. The highest BCUT2D eigenvalue weighted by Gasteiger charge is 2.39. The molecule has 0 heterocycles. The van der Waals surface area contributed by atoms with Gasteiger partial charge in [0.15, 0.2) is 11.9 Å². The summed E-state index contributed by atoms with van der Waals surface area (Å²) in [6, 6.07) is 7.42. The predicted octanol–water partition coefficient (Wildman–Crippen LogP) is 3.41. The lowest BCUT2D eigenvalue weighted by molar-refractivity contribution is -0.116. The maximum atomic E-state index is 12.0. The summed E-state index contributed by atoms with van der Waals surface area (Å²) in [6.45, 7) is 0.726. The number of hydrogen-bond acceptors (Lipinski definition) is 4. The third-order valence-corrected chi connectivity index (χ3v) is 6.48. The van der Waals surface area contributed by atoms with Crippen LogP contribution in [-0.4, -0.2) is 34.4 Å². The van der Waals surface area contributed by atoms with E-state index in [-0.39, 0.29) is 18.5 Å². The quantitative estimate of drug-likeness (QED) is 0.623. The Morgan fingerprint density at radius 3 is 2.48 bits per heavy atom. The number of ketones is 1. The van der Waals surface area contributed by atoms with Gasteiger partial charge < -0.3 is 5.32 Å². The second-order valence-corrected chi connectivity index (χ2v) is 9.37. The SMILES string of the molecule is O=C(CNCc1ccc(Cl)cc1)C[P+](O)(O)CC1CCCCC1. The van der Waals surface area contributed by atoms with Crippen LogP contribution in [0, 0.1) is 5.92 Å². The first kappa shape index (κ1) is 18.8. The van der Waals surface area contributed by atoms with Crippen molar-refractivity contribution in [2.45, 2.75) is 38.6 Å². The lowest BCUT2D eigenvalue weighted by Crippen LogP contribution is -2.27. The van der Waals surface area contributed by atoms with Crippen LogP contribution in [0.2, 0.25) is 5.02 Å². The molecule has 0 amide bonds. The van der Waals surface area contributed by atoms with Gasteiger partial charge >= 0.3 is 0 Å². The van der Waals surface area contributed by atoms with E-state index in [1.165, 1.54) is 19.3 Å². The molecule has 23 heavy (non-hydrogen) atoms. The summed E-state index contributed by atoms with van der Waals surface area (Å²) < 4.78 is 0. The molecular formula is C17H26ClNO3P+. The first-order chi connectivity index (χ1) is 10.9. The zero-order valence-electron chi connectivity index (χ0n) is 13.4. The first-order valence-electron chi connectivity index (χ1n) is 8.24. The number of carbonyl (C=O) groups is 1. The summed E-state index contributed by atoms with van der Waals surface area (Å²) in [6.07, 6.45) is 6.01. The van der Waals surface area contributed by atoms with Crippen molar-refractivity contribution in [2.75, 3.05) is 18.9 Å². The van der Waals surface area contributed by atoms with E-state index in [0.717, 1.165) is 18.4 Å². The zero-order valence-corrected chi connectivity index (χ0v) is 15.0. The summed E-state index contributed by atoms with van der Waals surface area (Å²) in [4.78, 5) is 32.3. The average molecular weight is 359 g/mol. The number of benzene rings is 1. The molecule has 6 heteroatoms. The van der Waals surface area contributed by atoms with Crippen molar-refractivity contribution in [2.24, 2.45) is 5.92 Å². The molecule has 0 spiro atoms. The van der Waals surface area contributed by atoms with E-state index in [4.69, 9.17) is 11.6 Å². The fourth-order valence-corrected chi connectivity index (χ4v) is 5.26. The molecule has 2 rings (SSSR count). The summed E-state index contributed by atoms with van der Waals surface area (Å²) in [5, 5.41) is 3.73. The topological polar surface area (TPSA) is 69.6 Å². The third kappa shape index (κ3) is 7.28. The number of nitrogens with one attached hydrogen (secondary N) is 1. The van der Waals surface area contributed by atoms with Gasteiger partial charge in [0.05, 0.1) is 6.54 Å². The highest BCUT2D eigenvalue weighted by molar-refractivity contribution is 7.65. The largest absolute Gasteiger partial charge is 0.306 e. The average Bonchev–Trinajstić information content (AvgIpc) is 2.49. The van der Waals surface area contributed by atoms with Gasteiger partial charge in [-0.15, -0.1) is 0 Å². The molecule has 1 fully saturated rings. The number of carbonyl (C=O) groups excluding carboxylic acids is 1. The normalized spacial score (nSPS) is 16.5. The van der Waals surface area contributed by atoms with E-state index in [0.29, 0.717) is 23.6 Å². The monoisotopic (exact) mass is 358 g/mol. The smallest absolute Gasteiger partial charge is 0.275 e. The van der Waals surface area contributed by atoms with Crippen molar-refractivity contribution in [3.05, 3.63) is 34.9 Å². The van der Waals surface area contributed by atoms with Crippen LogP contribution >= 0.6 is 19.3 Å². The van der Waals surface area contributed by atoms with Crippen LogP contribution in [0.25, 0.3) is 0 Å². The molecule has 1 aliphatic carbocycles. The van der Waals surface area contributed by atoms with Gasteiger partial charge in [0, 0.05) is 11.6 Å². The number of hydrogen-bond donors (Lipinski definition) is 3. The molecule has 1 aliphatic rings. The Bertz CT molecular complexity index is 501. The molecule has 1 aromatic carbocycles. The van der Waals surface area contributed by atoms with Crippen LogP contribution < -0.4 is 5.32 Å². The van der Waals surface area contributed by atoms with E-state index >= 15 is 0 Å². The lowest BCUT2D eigenvalue weighted by Gasteiger charge is -2.23. The van der Waals surface area contributed by atoms with E-state index in [2.05, 4.69) is 5.32 Å². The Morgan fingerprint density at radius 1 is 1.17 bits per heavy atom. The number of Topliss-reactive ketones (excluding diaryl/α,β-unsaturated/α-hetero) is 1. The highest BCUT2D eigenvalue weighted by Crippen LogP contribution is 2.52. The van der Waals surface area contributed by atoms with Crippen molar-refractivity contribution >= 4 is 25.1 Å². The van der Waals surface area contributed by atoms with Gasteiger partial charge in [-0.25, -0.2) is 9.79 Å². The minimum Gasteiger partial charge on any atom is -0.306 e. The molecule has 4 nitrogen and oxygen atoms in total. The van der Waals surface area contributed by atoms with Crippen molar-refractivity contribution in [3.63, 3.8) is 0 Å². The number of halogens is 1. The van der Waals surface area contributed by atoms with E-state index < -0.39 is 7.72 Å². The standard InChI is InChI=1S/C17H26ClNO3P/c18-16-8-6-14(7-9-16)10-19-11-17(20)13-23(21,22)12-15-4-2-1-3-5-15/h6-9,15,19,21-22H,1-5,10-13H2/q+1. The molecule has 0 aromatic heterocycles. The summed E-state index contributed by atoms with van der Waals surface area (Å²) >= 11 is 5.82. The summed E-state index contributed by atoms with van der Waals surface area (Å²) in [7, 11) is -3.09. The molecular weight excluding hydrogens is 333 g/mol. The van der Waals surface area contributed by atoms with Crippen LogP contribution in [-0.2, 0) is 11.3 Å². The van der Waals surface area contributed by atoms with Gasteiger partial charge in [0.25, 0.3) is 7.72 Å². The second kappa shape index (κ2) is 9.10. The molecule has 0 bridgehead atoms. The maximum absolute atomic E-state index is 12.0. The van der Waals surface area contributed by atoms with Crippen LogP contribution in [0.3, 0.4) is 0 Å². The summed E-state index contributed by atoms with van der Waals surface area (Å²) in [5.41, 5.74) is 1.04. The van der Waals surface area contributed by atoms with Crippen molar-refractivity contribution in [3.8, 4) is 0 Å². The van der Waals surface area contributed by atoms with E-state index in [1.807, 2.05) is 24.3 Å². The zero-order chi connectivity index (χ0) is 16.7. The van der Waals surface area contributed by atoms with Crippen molar-refractivity contribution in [1.82, 2.24) is 5.32 Å². The molecule has 1 saturated carbocycles. The predicted molar refractivity (Wildman–Crippen MR) is 95.8 cm³/mol. The molecule has 0 unspecified atom stereocenters. The van der Waals surface area contributed by atoms with E-state index in [9.17, 15) is 14.6 Å². The molecule has 1 aromatic rings. The highest BCUT2D eigenvalue weighted by atomic mass is 35.5. The summed E-state index contributed by atoms with van der Waals surface area (Å²) in [5.74, 6) is 0.245. The minimum absolute atomic E-state index is 0.100. The number of rotatable bonds is 8. The van der Waals surface area contributed by atoms with Crippen LogP contribution in [0.5, 0.6) is 0 Å². The van der Waals surface area contributed by atoms with Crippen molar-refractivity contribution in [1.29, 1.82) is 0 Å². The van der Waals surface area contributed by atoms with Crippen molar-refractivity contribution < 1.29 is 14.6 Å². The van der Waals surface area contributed by atoms with Gasteiger partial charge in [0.1, 0.15) is 6.16 Å². The molecule has 0 saturated heterocycles. The van der Waals surface area contributed by atoms with Gasteiger partial charge in [-0.2, -0.15) is 0 Å².